The molecule has 6 nitrogen and oxygen atoms in total. The summed E-state index contributed by atoms with van der Waals surface area (Å²) in [5.74, 6) is -1.76. The molecular formula is C20H21Cl2NO5. The van der Waals surface area contributed by atoms with Crippen LogP contribution in [0.1, 0.15) is 24.3 Å². The van der Waals surface area contributed by atoms with Crippen LogP contribution >= 0.6 is 23.2 Å². The van der Waals surface area contributed by atoms with Gasteiger partial charge in [0.1, 0.15) is 0 Å². The summed E-state index contributed by atoms with van der Waals surface area (Å²) in [4.78, 5) is 26.9. The zero-order chi connectivity index (χ0) is 20.3. The molecule has 2 aliphatic rings. The minimum atomic E-state index is -0.685. The Morgan fingerprint density at radius 3 is 2.25 bits per heavy atom. The van der Waals surface area contributed by atoms with Gasteiger partial charge in [-0.1, -0.05) is 29.3 Å². The zero-order valence-corrected chi connectivity index (χ0v) is 17.1. The third-order valence-corrected chi connectivity index (χ3v) is 5.53. The first kappa shape index (κ1) is 20.7. The quantitative estimate of drug-likeness (QED) is 0.670. The highest BCUT2D eigenvalue weighted by Gasteiger charge is 2.36. The van der Waals surface area contributed by atoms with Gasteiger partial charge in [-0.15, -0.1) is 0 Å². The third kappa shape index (κ3) is 4.35. The SMILES string of the molecule is COC(=O)C1=CN(C[C@@H]2CCCO2)C=C(C(=O)OC)C1c1ccc(Cl)c(Cl)c1. The van der Waals surface area contributed by atoms with Crippen LogP contribution in [0.3, 0.4) is 0 Å². The Kier molecular flexibility index (Phi) is 6.65. The van der Waals surface area contributed by atoms with E-state index in [-0.39, 0.29) is 6.10 Å². The second-order valence-corrected chi connectivity index (χ2v) is 7.40. The second-order valence-electron chi connectivity index (χ2n) is 6.59. The molecule has 0 saturated carbocycles. The molecule has 8 heteroatoms. The molecule has 0 unspecified atom stereocenters. The van der Waals surface area contributed by atoms with Crippen LogP contribution in [0, 0.1) is 0 Å². The lowest BCUT2D eigenvalue weighted by Crippen LogP contribution is -2.32. The molecule has 2 heterocycles. The number of halogens is 2. The summed E-state index contributed by atoms with van der Waals surface area (Å²) >= 11 is 12.2. The highest BCUT2D eigenvalue weighted by molar-refractivity contribution is 6.42. The molecule has 28 heavy (non-hydrogen) atoms. The predicted molar refractivity (Wildman–Crippen MR) is 105 cm³/mol. The van der Waals surface area contributed by atoms with Crippen molar-refractivity contribution in [1.29, 1.82) is 0 Å². The van der Waals surface area contributed by atoms with Gasteiger partial charge in [0.25, 0.3) is 0 Å². The molecule has 2 aliphatic heterocycles. The Balaban J connectivity index is 2.05. The molecule has 3 rings (SSSR count). The number of ether oxygens (including phenoxy) is 3. The molecule has 150 valence electrons. The number of carbonyl (C=O) groups excluding carboxylic acids is 2. The Morgan fingerprint density at radius 1 is 1.11 bits per heavy atom. The Hall–Kier alpha value is -2.02. The van der Waals surface area contributed by atoms with Crippen LogP contribution in [0.5, 0.6) is 0 Å². The van der Waals surface area contributed by atoms with Crippen LogP contribution in [-0.4, -0.2) is 50.3 Å². The number of carbonyl (C=O) groups is 2. The summed E-state index contributed by atoms with van der Waals surface area (Å²) in [5.41, 5.74) is 1.25. The van der Waals surface area contributed by atoms with Gasteiger partial charge in [0.05, 0.1) is 47.4 Å². The van der Waals surface area contributed by atoms with Crippen molar-refractivity contribution in [2.24, 2.45) is 0 Å². The Morgan fingerprint density at radius 2 is 1.75 bits per heavy atom. The van der Waals surface area contributed by atoms with E-state index in [0.717, 1.165) is 12.8 Å². The topological polar surface area (TPSA) is 65.1 Å². The van der Waals surface area contributed by atoms with Gasteiger partial charge in [0.15, 0.2) is 0 Å². The van der Waals surface area contributed by atoms with Crippen molar-refractivity contribution >= 4 is 35.1 Å². The molecule has 1 saturated heterocycles. The van der Waals surface area contributed by atoms with E-state index in [1.54, 1.807) is 35.5 Å². The maximum absolute atomic E-state index is 12.6. The highest BCUT2D eigenvalue weighted by atomic mass is 35.5. The average molecular weight is 426 g/mol. The van der Waals surface area contributed by atoms with E-state index < -0.39 is 17.9 Å². The van der Waals surface area contributed by atoms with Gasteiger partial charge < -0.3 is 19.1 Å². The molecule has 0 amide bonds. The number of rotatable bonds is 5. The fourth-order valence-corrected chi connectivity index (χ4v) is 3.77. The third-order valence-electron chi connectivity index (χ3n) is 4.79. The number of nitrogens with zero attached hydrogens (tertiary/aromatic N) is 1. The standard InChI is InChI=1S/C20H21Cl2NO5/c1-26-19(24)14-10-23(9-13-4-3-7-28-13)11-15(20(25)27-2)18(14)12-5-6-16(21)17(22)8-12/h5-6,8,10-11,13,18H,3-4,7,9H2,1-2H3/t13-/m0/s1. The number of esters is 2. The zero-order valence-electron chi connectivity index (χ0n) is 15.6. The van der Waals surface area contributed by atoms with E-state index in [4.69, 9.17) is 37.4 Å². The number of benzene rings is 1. The van der Waals surface area contributed by atoms with Crippen molar-refractivity contribution in [3.05, 3.63) is 57.4 Å². The summed E-state index contributed by atoms with van der Waals surface area (Å²) in [6.45, 7) is 1.24. The van der Waals surface area contributed by atoms with Crippen LogP contribution in [0.25, 0.3) is 0 Å². The van der Waals surface area contributed by atoms with Crippen LogP contribution in [0.2, 0.25) is 10.0 Å². The van der Waals surface area contributed by atoms with Gasteiger partial charge in [0.2, 0.25) is 0 Å². The molecular weight excluding hydrogens is 405 g/mol. The van der Waals surface area contributed by atoms with Gasteiger partial charge in [-0.05, 0) is 30.5 Å². The van der Waals surface area contributed by atoms with Crippen LogP contribution in [0.4, 0.5) is 0 Å². The average Bonchev–Trinajstić information content (AvgIpc) is 3.21. The highest BCUT2D eigenvalue weighted by Crippen LogP contribution is 2.39. The van der Waals surface area contributed by atoms with Crippen molar-refractivity contribution < 1.29 is 23.8 Å². The van der Waals surface area contributed by atoms with E-state index in [9.17, 15) is 9.59 Å². The Labute approximate surface area is 173 Å². The maximum atomic E-state index is 12.6. The number of hydrogen-bond acceptors (Lipinski definition) is 6. The van der Waals surface area contributed by atoms with E-state index in [2.05, 4.69) is 0 Å². The summed E-state index contributed by atoms with van der Waals surface area (Å²) in [6, 6.07) is 4.99. The van der Waals surface area contributed by atoms with Crippen molar-refractivity contribution in [3.8, 4) is 0 Å². The molecule has 0 radical (unpaired) electrons. The molecule has 0 N–H and O–H groups in total. The summed E-state index contributed by atoms with van der Waals surface area (Å²) in [5, 5.41) is 0.711. The van der Waals surface area contributed by atoms with E-state index in [1.165, 1.54) is 14.2 Å². The lowest BCUT2D eigenvalue weighted by atomic mass is 9.83. The van der Waals surface area contributed by atoms with Gasteiger partial charge in [-0.2, -0.15) is 0 Å². The molecule has 0 spiro atoms. The van der Waals surface area contributed by atoms with Gasteiger partial charge >= 0.3 is 11.9 Å². The summed E-state index contributed by atoms with van der Waals surface area (Å²) in [7, 11) is 2.60. The first-order valence-corrected chi connectivity index (χ1v) is 9.62. The molecule has 1 aromatic carbocycles. The van der Waals surface area contributed by atoms with E-state index in [1.807, 2.05) is 0 Å². The maximum Gasteiger partial charge on any atom is 0.336 e. The lowest BCUT2D eigenvalue weighted by molar-refractivity contribution is -0.137. The summed E-state index contributed by atoms with van der Waals surface area (Å²) < 4.78 is 15.6. The molecule has 0 bridgehead atoms. The number of methoxy groups -OCH3 is 2. The normalized spacial score (nSPS) is 19.9. The predicted octanol–water partition coefficient (Wildman–Crippen LogP) is 3.69. The minimum absolute atomic E-state index is 0.0341. The van der Waals surface area contributed by atoms with E-state index >= 15 is 0 Å². The van der Waals surface area contributed by atoms with Crippen molar-refractivity contribution in [3.63, 3.8) is 0 Å². The summed E-state index contributed by atoms with van der Waals surface area (Å²) in [6.07, 6.45) is 5.33. The van der Waals surface area contributed by atoms with Crippen LogP contribution < -0.4 is 0 Å². The molecule has 0 aliphatic carbocycles. The first-order chi connectivity index (χ1) is 13.4. The van der Waals surface area contributed by atoms with Crippen molar-refractivity contribution in [2.75, 3.05) is 27.4 Å². The minimum Gasteiger partial charge on any atom is -0.466 e. The monoisotopic (exact) mass is 425 g/mol. The molecule has 1 fully saturated rings. The van der Waals surface area contributed by atoms with E-state index in [0.29, 0.717) is 39.9 Å². The van der Waals surface area contributed by atoms with Gasteiger partial charge in [-0.25, -0.2) is 9.59 Å². The molecule has 1 aromatic rings. The second kappa shape index (κ2) is 8.99. The van der Waals surface area contributed by atoms with Crippen LogP contribution in [-0.2, 0) is 23.8 Å². The van der Waals surface area contributed by atoms with Crippen LogP contribution in [0.15, 0.2) is 41.7 Å². The first-order valence-electron chi connectivity index (χ1n) is 8.87. The Bertz CT molecular complexity index is 796. The molecule has 1 atom stereocenters. The number of hydrogen-bond donors (Lipinski definition) is 0. The van der Waals surface area contributed by atoms with Gasteiger partial charge in [-0.3, -0.25) is 0 Å². The van der Waals surface area contributed by atoms with Crippen molar-refractivity contribution in [2.45, 2.75) is 24.9 Å². The fraction of sp³-hybridized carbons (Fsp3) is 0.400. The van der Waals surface area contributed by atoms with Gasteiger partial charge in [0, 0.05) is 25.6 Å². The molecule has 0 aromatic heterocycles. The fourth-order valence-electron chi connectivity index (χ4n) is 3.47. The van der Waals surface area contributed by atoms with Crippen molar-refractivity contribution in [1.82, 2.24) is 4.90 Å². The lowest BCUT2D eigenvalue weighted by Gasteiger charge is -2.31. The smallest absolute Gasteiger partial charge is 0.336 e. The largest absolute Gasteiger partial charge is 0.466 e.